The van der Waals surface area contributed by atoms with Gasteiger partial charge in [0.05, 0.1) is 16.8 Å². The Balaban J connectivity index is 1.56. The molecule has 4 rings (SSSR count). The number of likely N-dealkylation sites (tertiary alicyclic amines) is 1. The highest BCUT2D eigenvalue weighted by molar-refractivity contribution is 6.04. The summed E-state index contributed by atoms with van der Waals surface area (Å²) in [4.78, 5) is 30.1. The molecule has 0 unspecified atom stereocenters. The Morgan fingerprint density at radius 3 is 2.29 bits per heavy atom. The van der Waals surface area contributed by atoms with Gasteiger partial charge in [0.15, 0.2) is 0 Å². The lowest BCUT2D eigenvalue weighted by Gasteiger charge is -2.35. The SMILES string of the molecule is CC1CCN(c2ccc(NC(=O)Nc3ccccc3C(F)(F)F)cc2C(=O)N2CCCCC2)CC1. The van der Waals surface area contributed by atoms with Crippen LogP contribution in [-0.2, 0) is 6.18 Å². The Bertz CT molecular complexity index is 1060. The molecule has 0 atom stereocenters. The highest BCUT2D eigenvalue weighted by atomic mass is 19.4. The molecular formula is C26H31F3N4O2. The van der Waals surface area contributed by atoms with Crippen LogP contribution >= 0.6 is 0 Å². The van der Waals surface area contributed by atoms with Gasteiger partial charge < -0.3 is 20.4 Å². The van der Waals surface area contributed by atoms with Gasteiger partial charge in [-0.05, 0) is 68.4 Å². The molecular weight excluding hydrogens is 457 g/mol. The van der Waals surface area contributed by atoms with Crippen LogP contribution in [0, 0.1) is 5.92 Å². The summed E-state index contributed by atoms with van der Waals surface area (Å²) in [7, 11) is 0. The normalized spacial score (nSPS) is 17.3. The van der Waals surface area contributed by atoms with E-state index in [1.54, 1.807) is 12.1 Å². The van der Waals surface area contributed by atoms with Gasteiger partial charge in [-0.2, -0.15) is 13.2 Å². The molecule has 2 aliphatic rings. The summed E-state index contributed by atoms with van der Waals surface area (Å²) in [5.41, 5.74) is 0.434. The van der Waals surface area contributed by atoms with Crippen molar-refractivity contribution in [3.05, 3.63) is 53.6 Å². The Morgan fingerprint density at radius 2 is 1.60 bits per heavy atom. The zero-order valence-electron chi connectivity index (χ0n) is 19.8. The molecule has 0 spiro atoms. The number of alkyl halides is 3. The minimum Gasteiger partial charge on any atom is -0.371 e. The maximum atomic E-state index is 13.5. The van der Waals surface area contributed by atoms with Crippen LogP contribution in [0.2, 0.25) is 0 Å². The third kappa shape index (κ3) is 6.07. The highest BCUT2D eigenvalue weighted by Crippen LogP contribution is 2.35. The minimum atomic E-state index is -4.59. The van der Waals surface area contributed by atoms with Crippen LogP contribution in [0.4, 0.5) is 35.0 Å². The number of piperidine rings is 2. The zero-order valence-corrected chi connectivity index (χ0v) is 19.8. The monoisotopic (exact) mass is 488 g/mol. The standard InChI is InChI=1S/C26H31F3N4O2/c1-18-11-15-32(16-12-18)23-10-9-19(17-20(23)24(34)33-13-5-2-6-14-33)30-25(35)31-22-8-4-3-7-21(22)26(27,28)29/h3-4,7-10,17-18H,2,5-6,11-16H2,1H3,(H2,30,31,35). The van der Waals surface area contributed by atoms with Crippen molar-refractivity contribution in [2.75, 3.05) is 41.7 Å². The average molecular weight is 489 g/mol. The Hall–Kier alpha value is -3.23. The topological polar surface area (TPSA) is 64.7 Å². The van der Waals surface area contributed by atoms with E-state index >= 15 is 0 Å². The van der Waals surface area contributed by atoms with E-state index in [2.05, 4.69) is 22.5 Å². The summed E-state index contributed by atoms with van der Waals surface area (Å²) >= 11 is 0. The van der Waals surface area contributed by atoms with Crippen molar-refractivity contribution in [1.82, 2.24) is 4.90 Å². The van der Waals surface area contributed by atoms with Gasteiger partial charge in [0.1, 0.15) is 0 Å². The van der Waals surface area contributed by atoms with E-state index in [0.29, 0.717) is 30.3 Å². The number of hydrogen-bond donors (Lipinski definition) is 2. The zero-order chi connectivity index (χ0) is 25.0. The van der Waals surface area contributed by atoms with Crippen LogP contribution in [0.25, 0.3) is 0 Å². The second kappa shape index (κ2) is 10.6. The molecule has 188 valence electrons. The van der Waals surface area contributed by atoms with E-state index in [0.717, 1.165) is 56.9 Å². The van der Waals surface area contributed by atoms with Gasteiger partial charge in [-0.1, -0.05) is 19.1 Å². The molecule has 9 heteroatoms. The first-order chi connectivity index (χ1) is 16.7. The summed E-state index contributed by atoms with van der Waals surface area (Å²) in [5, 5.41) is 4.88. The van der Waals surface area contributed by atoms with Gasteiger partial charge >= 0.3 is 12.2 Å². The number of carbonyl (C=O) groups is 2. The molecule has 0 aromatic heterocycles. The van der Waals surface area contributed by atoms with E-state index < -0.39 is 17.8 Å². The molecule has 2 N–H and O–H groups in total. The van der Waals surface area contributed by atoms with E-state index in [-0.39, 0.29) is 11.6 Å². The lowest BCUT2D eigenvalue weighted by molar-refractivity contribution is -0.136. The van der Waals surface area contributed by atoms with Crippen LogP contribution in [0.15, 0.2) is 42.5 Å². The highest BCUT2D eigenvalue weighted by Gasteiger charge is 2.33. The molecule has 2 saturated heterocycles. The van der Waals surface area contributed by atoms with Crippen molar-refractivity contribution in [1.29, 1.82) is 0 Å². The Kier molecular flexibility index (Phi) is 7.52. The summed E-state index contributed by atoms with van der Waals surface area (Å²) in [5.74, 6) is 0.557. The Morgan fingerprint density at radius 1 is 0.914 bits per heavy atom. The minimum absolute atomic E-state index is 0.0789. The van der Waals surface area contributed by atoms with E-state index in [9.17, 15) is 22.8 Å². The average Bonchev–Trinajstić information content (AvgIpc) is 2.84. The molecule has 2 aromatic carbocycles. The van der Waals surface area contributed by atoms with Gasteiger partial charge in [0, 0.05) is 37.6 Å². The van der Waals surface area contributed by atoms with Crippen molar-refractivity contribution in [2.45, 2.75) is 45.2 Å². The quantitative estimate of drug-likeness (QED) is 0.538. The number of anilines is 3. The molecule has 0 saturated carbocycles. The number of para-hydroxylation sites is 1. The molecule has 0 radical (unpaired) electrons. The fourth-order valence-corrected chi connectivity index (χ4v) is 4.70. The molecule has 0 aliphatic carbocycles. The largest absolute Gasteiger partial charge is 0.418 e. The molecule has 2 fully saturated rings. The first kappa shape index (κ1) is 24.9. The smallest absolute Gasteiger partial charge is 0.371 e. The van der Waals surface area contributed by atoms with Crippen LogP contribution in [0.1, 0.15) is 54.9 Å². The predicted octanol–water partition coefficient (Wildman–Crippen LogP) is 6.21. The second-order valence-corrected chi connectivity index (χ2v) is 9.38. The number of benzene rings is 2. The first-order valence-electron chi connectivity index (χ1n) is 12.1. The van der Waals surface area contributed by atoms with Gasteiger partial charge in [-0.15, -0.1) is 0 Å². The molecule has 3 amide bonds. The number of amides is 3. The predicted molar refractivity (Wildman–Crippen MR) is 131 cm³/mol. The van der Waals surface area contributed by atoms with Gasteiger partial charge in [-0.3, -0.25) is 4.79 Å². The second-order valence-electron chi connectivity index (χ2n) is 9.38. The maximum absolute atomic E-state index is 13.5. The van der Waals surface area contributed by atoms with Crippen molar-refractivity contribution >= 4 is 29.0 Å². The first-order valence-corrected chi connectivity index (χ1v) is 12.1. The van der Waals surface area contributed by atoms with Crippen LogP contribution in [-0.4, -0.2) is 43.0 Å². The van der Waals surface area contributed by atoms with E-state index in [1.165, 1.54) is 18.2 Å². The van der Waals surface area contributed by atoms with E-state index in [4.69, 9.17) is 0 Å². The number of urea groups is 1. The molecule has 0 bridgehead atoms. The number of nitrogens with zero attached hydrogens (tertiary/aromatic N) is 2. The van der Waals surface area contributed by atoms with Crippen molar-refractivity contribution in [3.63, 3.8) is 0 Å². The van der Waals surface area contributed by atoms with Crippen molar-refractivity contribution in [2.24, 2.45) is 5.92 Å². The van der Waals surface area contributed by atoms with Gasteiger partial charge in [0.25, 0.3) is 5.91 Å². The van der Waals surface area contributed by atoms with Crippen LogP contribution in [0.5, 0.6) is 0 Å². The number of halogens is 3. The van der Waals surface area contributed by atoms with E-state index in [1.807, 2.05) is 11.0 Å². The van der Waals surface area contributed by atoms with Crippen molar-refractivity contribution < 1.29 is 22.8 Å². The molecule has 2 aromatic rings. The number of carbonyl (C=O) groups excluding carboxylic acids is 2. The molecule has 2 heterocycles. The fraction of sp³-hybridized carbons (Fsp3) is 0.462. The number of nitrogens with one attached hydrogen (secondary N) is 2. The Labute approximate surface area is 203 Å². The van der Waals surface area contributed by atoms with Crippen LogP contribution in [0.3, 0.4) is 0 Å². The third-order valence-electron chi connectivity index (χ3n) is 6.73. The van der Waals surface area contributed by atoms with Crippen LogP contribution < -0.4 is 15.5 Å². The summed E-state index contributed by atoms with van der Waals surface area (Å²) in [6, 6.07) is 9.16. The van der Waals surface area contributed by atoms with Gasteiger partial charge in [-0.25, -0.2) is 4.79 Å². The van der Waals surface area contributed by atoms with Crippen molar-refractivity contribution in [3.8, 4) is 0 Å². The number of rotatable bonds is 4. The summed E-state index contributed by atoms with van der Waals surface area (Å²) < 4.78 is 39.8. The summed E-state index contributed by atoms with van der Waals surface area (Å²) in [6.45, 7) is 5.31. The number of hydrogen-bond acceptors (Lipinski definition) is 3. The molecule has 2 aliphatic heterocycles. The van der Waals surface area contributed by atoms with Gasteiger partial charge in [0.2, 0.25) is 0 Å². The fourth-order valence-electron chi connectivity index (χ4n) is 4.70. The maximum Gasteiger partial charge on any atom is 0.418 e. The molecule has 6 nitrogen and oxygen atoms in total. The third-order valence-corrected chi connectivity index (χ3v) is 6.73. The summed E-state index contributed by atoms with van der Waals surface area (Å²) in [6.07, 6.45) is 0.507. The lowest BCUT2D eigenvalue weighted by atomic mass is 9.97. The molecule has 35 heavy (non-hydrogen) atoms. The lowest BCUT2D eigenvalue weighted by Crippen LogP contribution is -2.38.